The first-order valence-electron chi connectivity index (χ1n) is 8.24. The quantitative estimate of drug-likeness (QED) is 0.874. The summed E-state index contributed by atoms with van der Waals surface area (Å²) in [6.07, 6.45) is 1.66. The summed E-state index contributed by atoms with van der Waals surface area (Å²) >= 11 is 0. The molecule has 0 aromatic heterocycles. The third-order valence-corrected chi connectivity index (χ3v) is 4.49. The van der Waals surface area contributed by atoms with Crippen molar-refractivity contribution in [2.75, 3.05) is 25.6 Å². The Labute approximate surface area is 146 Å². The molecule has 2 aromatic rings. The average molecular weight is 344 g/mol. The van der Waals surface area contributed by atoms with E-state index in [2.05, 4.69) is 5.32 Å². The van der Waals surface area contributed by atoms with Crippen LogP contribution in [0, 0.1) is 5.82 Å². The van der Waals surface area contributed by atoms with Crippen LogP contribution >= 0.6 is 0 Å². The van der Waals surface area contributed by atoms with E-state index >= 15 is 0 Å². The predicted molar refractivity (Wildman–Crippen MR) is 93.3 cm³/mol. The fourth-order valence-corrected chi connectivity index (χ4v) is 3.28. The van der Waals surface area contributed by atoms with Crippen molar-refractivity contribution in [3.8, 4) is 5.75 Å². The number of benzene rings is 2. The van der Waals surface area contributed by atoms with Gasteiger partial charge in [0.05, 0.1) is 25.4 Å². The fourth-order valence-electron chi connectivity index (χ4n) is 3.28. The van der Waals surface area contributed by atoms with Gasteiger partial charge in [0.15, 0.2) is 0 Å². The number of fused-ring (bicyclic) bond motifs is 1. The van der Waals surface area contributed by atoms with Gasteiger partial charge in [-0.3, -0.25) is 0 Å². The number of nitrogens with one attached hydrogen (secondary N) is 1. The van der Waals surface area contributed by atoms with E-state index in [0.717, 1.165) is 18.4 Å². The number of anilines is 1. The predicted octanol–water partition coefficient (Wildman–Crippen LogP) is 3.35. The third-order valence-electron chi connectivity index (χ3n) is 4.49. The average Bonchev–Trinajstić information content (AvgIpc) is 3.05. The molecule has 1 aliphatic carbocycles. The minimum Gasteiger partial charge on any atom is -0.497 e. The highest BCUT2D eigenvalue weighted by Crippen LogP contribution is 2.36. The van der Waals surface area contributed by atoms with Crippen LogP contribution in [0.3, 0.4) is 0 Å². The number of carbonyl (C=O) groups is 1. The molecule has 3 rings (SSSR count). The van der Waals surface area contributed by atoms with E-state index in [0.29, 0.717) is 5.75 Å². The number of methoxy groups -OCH3 is 1. The maximum absolute atomic E-state index is 14.0. The monoisotopic (exact) mass is 344 g/mol. The first kappa shape index (κ1) is 17.2. The number of ether oxygens (including phenoxy) is 1. The lowest BCUT2D eigenvalue weighted by atomic mass is 10.1. The maximum atomic E-state index is 14.0. The summed E-state index contributed by atoms with van der Waals surface area (Å²) in [5.74, 6) is -0.0819. The number of aryl methyl sites for hydroxylation is 1. The van der Waals surface area contributed by atoms with E-state index in [9.17, 15) is 14.3 Å². The molecule has 2 amide bonds. The molecular weight excluding hydrogens is 323 g/mol. The highest BCUT2D eigenvalue weighted by Gasteiger charge is 2.30. The first-order chi connectivity index (χ1) is 12.1. The molecule has 0 radical (unpaired) electrons. The van der Waals surface area contributed by atoms with Crippen LogP contribution in [0.5, 0.6) is 5.75 Å². The van der Waals surface area contributed by atoms with Crippen LogP contribution in [0.1, 0.15) is 23.6 Å². The van der Waals surface area contributed by atoms with Crippen molar-refractivity contribution >= 4 is 11.7 Å². The Bertz CT molecular complexity index is 766. The van der Waals surface area contributed by atoms with Crippen molar-refractivity contribution in [1.29, 1.82) is 0 Å². The van der Waals surface area contributed by atoms with Gasteiger partial charge >= 0.3 is 6.03 Å². The van der Waals surface area contributed by atoms with Gasteiger partial charge in [-0.2, -0.15) is 0 Å². The highest BCUT2D eigenvalue weighted by atomic mass is 19.1. The highest BCUT2D eigenvalue weighted by molar-refractivity contribution is 5.90. The molecule has 0 fully saturated rings. The molecule has 5 nitrogen and oxygen atoms in total. The number of carbonyl (C=O) groups excluding carboxylic acids is 1. The molecule has 6 heteroatoms. The lowest BCUT2D eigenvalue weighted by molar-refractivity contribution is 0.162. The first-order valence-corrected chi connectivity index (χ1v) is 8.24. The van der Waals surface area contributed by atoms with Gasteiger partial charge in [-0.15, -0.1) is 0 Å². The van der Waals surface area contributed by atoms with Gasteiger partial charge in [-0.1, -0.05) is 24.3 Å². The molecule has 2 aromatic carbocycles. The molecular formula is C19H21FN2O3. The number of halogens is 1. The van der Waals surface area contributed by atoms with E-state index in [-0.39, 0.29) is 24.9 Å². The number of nitrogens with zero attached hydrogens (tertiary/aromatic N) is 1. The SMILES string of the molecule is COc1ccc(F)c(NC(=O)N(CCO)C2CCc3ccccc32)c1. The molecule has 1 atom stereocenters. The number of rotatable bonds is 5. The molecule has 1 aliphatic rings. The Balaban J connectivity index is 1.83. The Morgan fingerprint density at radius 1 is 1.36 bits per heavy atom. The summed E-state index contributed by atoms with van der Waals surface area (Å²) in [4.78, 5) is 14.3. The van der Waals surface area contributed by atoms with Crippen molar-refractivity contribution < 1.29 is 19.0 Å². The number of urea groups is 1. The molecule has 0 aliphatic heterocycles. The molecule has 0 saturated carbocycles. The van der Waals surface area contributed by atoms with E-state index < -0.39 is 11.8 Å². The molecule has 0 spiro atoms. The van der Waals surface area contributed by atoms with Crippen LogP contribution in [0.4, 0.5) is 14.9 Å². The largest absolute Gasteiger partial charge is 0.497 e. The lowest BCUT2D eigenvalue weighted by Gasteiger charge is -2.29. The van der Waals surface area contributed by atoms with E-state index in [1.54, 1.807) is 4.90 Å². The Hall–Kier alpha value is -2.60. The van der Waals surface area contributed by atoms with Crippen molar-refractivity contribution in [2.24, 2.45) is 0 Å². The standard InChI is InChI=1S/C19H21FN2O3/c1-25-14-7-8-16(20)17(12-14)21-19(24)22(10-11-23)18-9-6-13-4-2-3-5-15(13)18/h2-5,7-8,12,18,23H,6,9-11H2,1H3,(H,21,24). The van der Waals surface area contributed by atoms with E-state index in [4.69, 9.17) is 4.74 Å². The van der Waals surface area contributed by atoms with Crippen molar-refractivity contribution in [3.63, 3.8) is 0 Å². The second kappa shape index (κ2) is 7.53. The van der Waals surface area contributed by atoms with Crippen LogP contribution in [0.2, 0.25) is 0 Å². The molecule has 0 saturated heterocycles. The molecule has 25 heavy (non-hydrogen) atoms. The van der Waals surface area contributed by atoms with Gasteiger partial charge in [0.25, 0.3) is 0 Å². The van der Waals surface area contributed by atoms with Crippen LogP contribution in [0.15, 0.2) is 42.5 Å². The van der Waals surface area contributed by atoms with Crippen LogP contribution in [-0.4, -0.2) is 36.3 Å². The maximum Gasteiger partial charge on any atom is 0.322 e. The van der Waals surface area contributed by atoms with Gasteiger partial charge in [0.1, 0.15) is 11.6 Å². The van der Waals surface area contributed by atoms with Crippen molar-refractivity contribution in [1.82, 2.24) is 4.90 Å². The van der Waals surface area contributed by atoms with Gasteiger partial charge in [-0.05, 0) is 36.1 Å². The van der Waals surface area contributed by atoms with Crippen LogP contribution in [0.25, 0.3) is 0 Å². The summed E-state index contributed by atoms with van der Waals surface area (Å²) in [5.41, 5.74) is 2.34. The topological polar surface area (TPSA) is 61.8 Å². The minimum absolute atomic E-state index is 0.0542. The summed E-state index contributed by atoms with van der Waals surface area (Å²) in [6, 6.07) is 11.6. The number of hydrogen-bond acceptors (Lipinski definition) is 3. The Morgan fingerprint density at radius 2 is 2.16 bits per heavy atom. The summed E-state index contributed by atoms with van der Waals surface area (Å²) < 4.78 is 19.1. The van der Waals surface area contributed by atoms with E-state index in [1.807, 2.05) is 24.3 Å². The summed E-state index contributed by atoms with van der Waals surface area (Å²) in [5, 5.41) is 12.0. The number of aliphatic hydroxyl groups excluding tert-OH is 1. The summed E-state index contributed by atoms with van der Waals surface area (Å²) in [7, 11) is 1.48. The molecule has 0 bridgehead atoms. The fraction of sp³-hybridized carbons (Fsp3) is 0.316. The zero-order chi connectivity index (χ0) is 17.8. The smallest absolute Gasteiger partial charge is 0.322 e. The molecule has 0 heterocycles. The number of amides is 2. The molecule has 1 unspecified atom stereocenters. The normalized spacial score (nSPS) is 15.6. The lowest BCUT2D eigenvalue weighted by Crippen LogP contribution is -2.39. The second-order valence-corrected chi connectivity index (χ2v) is 5.95. The van der Waals surface area contributed by atoms with Gasteiger partial charge in [0, 0.05) is 12.6 Å². The molecule has 132 valence electrons. The number of aliphatic hydroxyl groups is 1. The van der Waals surface area contributed by atoms with Gasteiger partial charge < -0.3 is 20.1 Å². The van der Waals surface area contributed by atoms with Gasteiger partial charge in [-0.25, -0.2) is 9.18 Å². The second-order valence-electron chi connectivity index (χ2n) is 5.95. The Kier molecular flexibility index (Phi) is 5.19. The van der Waals surface area contributed by atoms with Crippen molar-refractivity contribution in [3.05, 3.63) is 59.4 Å². The zero-order valence-corrected chi connectivity index (χ0v) is 14.0. The summed E-state index contributed by atoms with van der Waals surface area (Å²) in [6.45, 7) is 0.0170. The van der Waals surface area contributed by atoms with Crippen LogP contribution in [-0.2, 0) is 6.42 Å². The van der Waals surface area contributed by atoms with Crippen molar-refractivity contribution in [2.45, 2.75) is 18.9 Å². The van der Waals surface area contributed by atoms with Crippen LogP contribution < -0.4 is 10.1 Å². The third kappa shape index (κ3) is 3.58. The molecule has 2 N–H and O–H groups in total. The minimum atomic E-state index is -0.537. The van der Waals surface area contributed by atoms with E-state index in [1.165, 1.54) is 30.9 Å². The van der Waals surface area contributed by atoms with Gasteiger partial charge in [0.2, 0.25) is 0 Å². The zero-order valence-electron chi connectivity index (χ0n) is 14.0. The Morgan fingerprint density at radius 3 is 2.92 bits per heavy atom. The number of hydrogen-bond donors (Lipinski definition) is 2.